The maximum absolute atomic E-state index is 12.0. The number of imide groups is 1. The Hall–Kier alpha value is -2.71. The summed E-state index contributed by atoms with van der Waals surface area (Å²) in [6, 6.07) is 1.26. The molecule has 20 heavy (non-hydrogen) atoms. The van der Waals surface area contributed by atoms with Gasteiger partial charge in [0, 0.05) is 12.1 Å². The van der Waals surface area contributed by atoms with Crippen LogP contribution in [-0.4, -0.2) is 45.0 Å². The SMILES string of the molecule is CC1C(=O)NC(=O)CN1C(=O)Cn1[nH]c(=O)ccc1=O. The van der Waals surface area contributed by atoms with Gasteiger partial charge in [0.05, 0.1) is 0 Å². The number of aromatic amines is 1. The number of hydrogen-bond acceptors (Lipinski definition) is 5. The highest BCUT2D eigenvalue weighted by atomic mass is 16.2. The lowest BCUT2D eigenvalue weighted by atomic mass is 10.2. The van der Waals surface area contributed by atoms with Crippen molar-refractivity contribution in [3.63, 3.8) is 0 Å². The van der Waals surface area contributed by atoms with E-state index in [1.54, 1.807) is 0 Å². The van der Waals surface area contributed by atoms with E-state index in [9.17, 15) is 24.0 Å². The molecule has 1 aromatic rings. The molecule has 2 heterocycles. The maximum atomic E-state index is 12.0. The first-order valence-electron chi connectivity index (χ1n) is 5.82. The highest BCUT2D eigenvalue weighted by molar-refractivity contribution is 6.04. The van der Waals surface area contributed by atoms with Crippen molar-refractivity contribution in [3.05, 3.63) is 32.8 Å². The molecule has 9 nitrogen and oxygen atoms in total. The van der Waals surface area contributed by atoms with Gasteiger partial charge in [0.2, 0.25) is 17.7 Å². The van der Waals surface area contributed by atoms with Crippen molar-refractivity contribution >= 4 is 17.7 Å². The molecule has 106 valence electrons. The smallest absolute Gasteiger partial charge is 0.265 e. The van der Waals surface area contributed by atoms with Crippen LogP contribution in [0.25, 0.3) is 0 Å². The Bertz CT molecular complexity index is 689. The predicted octanol–water partition coefficient (Wildman–Crippen LogP) is -2.59. The van der Waals surface area contributed by atoms with Gasteiger partial charge in [-0.3, -0.25) is 34.4 Å². The fraction of sp³-hybridized carbons (Fsp3) is 0.364. The van der Waals surface area contributed by atoms with Crippen LogP contribution in [0, 0.1) is 0 Å². The lowest BCUT2D eigenvalue weighted by Gasteiger charge is -2.31. The Balaban J connectivity index is 2.21. The van der Waals surface area contributed by atoms with Crippen LogP contribution in [0.2, 0.25) is 0 Å². The van der Waals surface area contributed by atoms with E-state index in [-0.39, 0.29) is 6.54 Å². The number of piperazine rings is 1. The third-order valence-electron chi connectivity index (χ3n) is 2.93. The number of rotatable bonds is 2. The number of carbonyl (C=O) groups is 3. The summed E-state index contributed by atoms with van der Waals surface area (Å²) in [6.45, 7) is 0.757. The standard InChI is InChI=1S/C11H12N4O5/c1-6-11(20)12-8(17)4-14(6)10(19)5-15-9(18)3-2-7(16)13-15/h2-3,6H,4-5H2,1H3,(H,13,16)(H,12,17,20). The molecule has 1 atom stereocenters. The molecule has 1 aromatic heterocycles. The van der Waals surface area contributed by atoms with Gasteiger partial charge >= 0.3 is 0 Å². The monoisotopic (exact) mass is 280 g/mol. The Kier molecular flexibility index (Phi) is 3.51. The Morgan fingerprint density at radius 1 is 1.30 bits per heavy atom. The van der Waals surface area contributed by atoms with Crippen LogP contribution in [0.1, 0.15) is 6.92 Å². The predicted molar refractivity (Wildman–Crippen MR) is 65.6 cm³/mol. The molecule has 0 radical (unpaired) electrons. The lowest BCUT2D eigenvalue weighted by molar-refractivity contribution is -0.149. The minimum atomic E-state index is -0.814. The quantitative estimate of drug-likeness (QED) is 0.576. The van der Waals surface area contributed by atoms with Crippen molar-refractivity contribution in [2.75, 3.05) is 6.54 Å². The molecule has 0 spiro atoms. The summed E-state index contributed by atoms with van der Waals surface area (Å²) >= 11 is 0. The summed E-state index contributed by atoms with van der Waals surface area (Å²) in [5.74, 6) is -1.77. The number of hydrogen-bond donors (Lipinski definition) is 2. The third-order valence-corrected chi connectivity index (χ3v) is 2.93. The summed E-state index contributed by atoms with van der Waals surface area (Å²) in [5, 5.41) is 4.30. The zero-order chi connectivity index (χ0) is 14.9. The number of amides is 3. The van der Waals surface area contributed by atoms with Crippen LogP contribution in [0.3, 0.4) is 0 Å². The number of nitrogens with zero attached hydrogens (tertiary/aromatic N) is 2. The van der Waals surface area contributed by atoms with E-state index in [2.05, 4.69) is 10.4 Å². The molecule has 0 saturated carbocycles. The van der Waals surface area contributed by atoms with Crippen LogP contribution in [0.4, 0.5) is 0 Å². The van der Waals surface area contributed by atoms with Gasteiger partial charge in [-0.25, -0.2) is 4.68 Å². The average Bonchev–Trinajstić information content (AvgIpc) is 2.38. The van der Waals surface area contributed by atoms with Crippen molar-refractivity contribution in [1.82, 2.24) is 20.0 Å². The van der Waals surface area contributed by atoms with Gasteiger partial charge < -0.3 is 4.90 Å². The number of aromatic nitrogens is 2. The second kappa shape index (κ2) is 5.11. The molecule has 0 aromatic carbocycles. The lowest BCUT2D eigenvalue weighted by Crippen LogP contribution is -2.59. The average molecular weight is 280 g/mol. The summed E-state index contributed by atoms with van der Waals surface area (Å²) in [6.07, 6.45) is 0. The van der Waals surface area contributed by atoms with Gasteiger partial charge in [0.1, 0.15) is 19.1 Å². The molecule has 1 fully saturated rings. The van der Waals surface area contributed by atoms with Crippen molar-refractivity contribution < 1.29 is 14.4 Å². The van der Waals surface area contributed by atoms with Gasteiger partial charge in [0.25, 0.3) is 11.1 Å². The molecule has 1 aliphatic rings. The Morgan fingerprint density at radius 3 is 2.70 bits per heavy atom. The van der Waals surface area contributed by atoms with Gasteiger partial charge in [-0.2, -0.15) is 0 Å². The molecule has 1 aliphatic heterocycles. The zero-order valence-electron chi connectivity index (χ0n) is 10.6. The first kappa shape index (κ1) is 13.7. The number of nitrogens with one attached hydrogen (secondary N) is 2. The Morgan fingerprint density at radius 2 is 2.00 bits per heavy atom. The molecule has 3 amide bonds. The second-order valence-electron chi connectivity index (χ2n) is 4.34. The fourth-order valence-corrected chi connectivity index (χ4v) is 1.82. The first-order valence-corrected chi connectivity index (χ1v) is 5.82. The second-order valence-corrected chi connectivity index (χ2v) is 4.34. The van der Waals surface area contributed by atoms with E-state index in [1.807, 2.05) is 0 Å². The van der Waals surface area contributed by atoms with E-state index < -0.39 is 41.4 Å². The fourth-order valence-electron chi connectivity index (χ4n) is 1.82. The van der Waals surface area contributed by atoms with Crippen molar-refractivity contribution in [2.24, 2.45) is 0 Å². The normalized spacial score (nSPS) is 18.9. The molecule has 9 heteroatoms. The highest BCUT2D eigenvalue weighted by Crippen LogP contribution is 2.05. The molecular formula is C11H12N4O5. The van der Waals surface area contributed by atoms with Crippen LogP contribution >= 0.6 is 0 Å². The zero-order valence-corrected chi connectivity index (χ0v) is 10.6. The van der Waals surface area contributed by atoms with Crippen molar-refractivity contribution in [3.8, 4) is 0 Å². The summed E-state index contributed by atoms with van der Waals surface area (Å²) in [5.41, 5.74) is -1.09. The topological polar surface area (TPSA) is 121 Å². The van der Waals surface area contributed by atoms with E-state index in [0.29, 0.717) is 0 Å². The van der Waals surface area contributed by atoms with Crippen molar-refractivity contribution in [1.29, 1.82) is 0 Å². The van der Waals surface area contributed by atoms with E-state index in [1.165, 1.54) is 6.92 Å². The molecule has 2 N–H and O–H groups in total. The third kappa shape index (κ3) is 2.66. The molecule has 2 rings (SSSR count). The minimum absolute atomic E-state index is 0.266. The summed E-state index contributed by atoms with van der Waals surface area (Å²) in [4.78, 5) is 58.4. The van der Waals surface area contributed by atoms with Gasteiger partial charge in [-0.1, -0.05) is 0 Å². The van der Waals surface area contributed by atoms with Crippen molar-refractivity contribution in [2.45, 2.75) is 19.5 Å². The molecule has 0 aliphatic carbocycles. The van der Waals surface area contributed by atoms with Gasteiger partial charge in [0.15, 0.2) is 0 Å². The summed E-state index contributed by atoms with van der Waals surface area (Å²) < 4.78 is 0.828. The highest BCUT2D eigenvalue weighted by Gasteiger charge is 2.33. The summed E-state index contributed by atoms with van der Waals surface area (Å²) in [7, 11) is 0. The van der Waals surface area contributed by atoms with Crippen LogP contribution in [0.5, 0.6) is 0 Å². The number of carbonyl (C=O) groups excluding carboxylic acids is 3. The maximum Gasteiger partial charge on any atom is 0.265 e. The molecular weight excluding hydrogens is 268 g/mol. The van der Waals surface area contributed by atoms with Gasteiger partial charge in [-0.15, -0.1) is 0 Å². The molecule has 1 unspecified atom stereocenters. The minimum Gasteiger partial charge on any atom is -0.320 e. The molecule has 0 bridgehead atoms. The van der Waals surface area contributed by atoms with E-state index >= 15 is 0 Å². The largest absolute Gasteiger partial charge is 0.320 e. The molecule has 1 saturated heterocycles. The van der Waals surface area contributed by atoms with Gasteiger partial charge in [-0.05, 0) is 6.92 Å². The Labute approximate surface area is 112 Å². The number of H-pyrrole nitrogens is 1. The van der Waals surface area contributed by atoms with E-state index in [4.69, 9.17) is 0 Å². The van der Waals surface area contributed by atoms with Crippen LogP contribution in [0.15, 0.2) is 21.7 Å². The van der Waals surface area contributed by atoms with E-state index in [0.717, 1.165) is 21.7 Å². The first-order chi connectivity index (χ1) is 9.38. The van der Waals surface area contributed by atoms with Crippen LogP contribution in [-0.2, 0) is 20.9 Å². The van der Waals surface area contributed by atoms with Crippen LogP contribution < -0.4 is 16.4 Å².